The van der Waals surface area contributed by atoms with Crippen LogP contribution < -0.4 is 9.47 Å². The minimum Gasteiger partial charge on any atom is -0.454 e. The van der Waals surface area contributed by atoms with Gasteiger partial charge in [0.25, 0.3) is 5.91 Å². The number of hydrogen-bond acceptors (Lipinski definition) is 4. The molecule has 5 nitrogen and oxygen atoms in total. The summed E-state index contributed by atoms with van der Waals surface area (Å²) in [6, 6.07) is 5.17. The topological polar surface area (TPSA) is 48.0 Å². The molecule has 15 heavy (non-hydrogen) atoms. The standard InChI is InChI=1S/C10H11NO4/c1-11(13-2)10(12)7-4-3-5-8-9(7)15-6-14-8/h3-5H,6H2,1-2H3. The van der Waals surface area contributed by atoms with Gasteiger partial charge in [0.1, 0.15) is 0 Å². The van der Waals surface area contributed by atoms with Gasteiger partial charge in [0.2, 0.25) is 6.79 Å². The molecule has 0 spiro atoms. The van der Waals surface area contributed by atoms with Gasteiger partial charge in [-0.3, -0.25) is 9.63 Å². The minimum absolute atomic E-state index is 0.149. The van der Waals surface area contributed by atoms with Crippen molar-refractivity contribution in [3.05, 3.63) is 23.8 Å². The Morgan fingerprint density at radius 3 is 3.00 bits per heavy atom. The van der Waals surface area contributed by atoms with Crippen LogP contribution >= 0.6 is 0 Å². The number of carbonyl (C=O) groups is 1. The second kappa shape index (κ2) is 3.78. The smallest absolute Gasteiger partial charge is 0.281 e. The molecule has 5 heteroatoms. The summed E-state index contributed by atoms with van der Waals surface area (Å²) in [6.45, 7) is 0.149. The third-order valence-corrected chi connectivity index (χ3v) is 2.19. The lowest BCUT2D eigenvalue weighted by Crippen LogP contribution is -2.25. The van der Waals surface area contributed by atoms with E-state index in [-0.39, 0.29) is 12.7 Å². The molecule has 0 fully saturated rings. The summed E-state index contributed by atoms with van der Waals surface area (Å²) in [4.78, 5) is 16.6. The van der Waals surface area contributed by atoms with Crippen LogP contribution in [0.4, 0.5) is 0 Å². The summed E-state index contributed by atoms with van der Waals surface area (Å²) in [5.41, 5.74) is 0.439. The normalized spacial score (nSPS) is 12.7. The fraction of sp³-hybridized carbons (Fsp3) is 0.300. The number of amides is 1. The maximum Gasteiger partial charge on any atom is 0.281 e. The molecule has 1 amide bonds. The lowest BCUT2D eigenvalue weighted by Gasteiger charge is -2.14. The number of nitrogens with zero attached hydrogens (tertiary/aromatic N) is 1. The van der Waals surface area contributed by atoms with E-state index < -0.39 is 0 Å². The average Bonchev–Trinajstić information content (AvgIpc) is 2.74. The Morgan fingerprint density at radius 1 is 1.47 bits per heavy atom. The zero-order valence-corrected chi connectivity index (χ0v) is 8.52. The molecule has 0 aromatic heterocycles. The van der Waals surface area contributed by atoms with Gasteiger partial charge in [-0.2, -0.15) is 0 Å². The Balaban J connectivity index is 2.37. The highest BCUT2D eigenvalue weighted by molar-refractivity contribution is 5.97. The number of hydroxylamine groups is 2. The largest absolute Gasteiger partial charge is 0.454 e. The van der Waals surface area contributed by atoms with Crippen molar-refractivity contribution in [3.8, 4) is 11.5 Å². The molecule has 1 heterocycles. The van der Waals surface area contributed by atoms with Crippen molar-refractivity contribution in [2.24, 2.45) is 0 Å². The van der Waals surface area contributed by atoms with E-state index in [1.54, 1.807) is 18.2 Å². The van der Waals surface area contributed by atoms with Gasteiger partial charge in [0.15, 0.2) is 11.5 Å². The Labute approximate surface area is 87.1 Å². The fourth-order valence-electron chi connectivity index (χ4n) is 1.35. The van der Waals surface area contributed by atoms with Crippen molar-refractivity contribution in [3.63, 3.8) is 0 Å². The van der Waals surface area contributed by atoms with E-state index in [2.05, 4.69) is 0 Å². The number of rotatable bonds is 2. The molecule has 0 bridgehead atoms. The van der Waals surface area contributed by atoms with Gasteiger partial charge in [-0.25, -0.2) is 5.06 Å². The van der Waals surface area contributed by atoms with Crippen molar-refractivity contribution in [2.75, 3.05) is 21.0 Å². The Morgan fingerprint density at radius 2 is 2.27 bits per heavy atom. The maximum atomic E-state index is 11.8. The Hall–Kier alpha value is -1.75. The van der Waals surface area contributed by atoms with E-state index in [0.29, 0.717) is 17.1 Å². The van der Waals surface area contributed by atoms with Crippen LogP contribution in [0.5, 0.6) is 11.5 Å². The molecule has 2 rings (SSSR count). The molecule has 0 atom stereocenters. The average molecular weight is 209 g/mol. The third kappa shape index (κ3) is 1.61. The van der Waals surface area contributed by atoms with Gasteiger partial charge in [-0.05, 0) is 12.1 Å². The summed E-state index contributed by atoms with van der Waals surface area (Å²) in [6.07, 6.45) is 0. The number of benzene rings is 1. The van der Waals surface area contributed by atoms with Crippen molar-refractivity contribution in [1.82, 2.24) is 5.06 Å². The first kappa shape index (κ1) is 9.79. The van der Waals surface area contributed by atoms with Crippen LogP contribution in [0.25, 0.3) is 0 Å². The lowest BCUT2D eigenvalue weighted by molar-refractivity contribution is -0.0758. The van der Waals surface area contributed by atoms with E-state index in [1.165, 1.54) is 14.2 Å². The first-order valence-electron chi connectivity index (χ1n) is 4.45. The van der Waals surface area contributed by atoms with E-state index in [1.807, 2.05) is 0 Å². The van der Waals surface area contributed by atoms with Gasteiger partial charge >= 0.3 is 0 Å². The zero-order valence-electron chi connectivity index (χ0n) is 8.52. The van der Waals surface area contributed by atoms with E-state index in [0.717, 1.165) is 5.06 Å². The van der Waals surface area contributed by atoms with Gasteiger partial charge in [0, 0.05) is 7.05 Å². The summed E-state index contributed by atoms with van der Waals surface area (Å²) in [7, 11) is 2.97. The Kier molecular flexibility index (Phi) is 2.47. The monoisotopic (exact) mass is 209 g/mol. The van der Waals surface area contributed by atoms with Crippen molar-refractivity contribution < 1.29 is 19.1 Å². The highest BCUT2D eigenvalue weighted by atomic mass is 16.7. The molecule has 0 radical (unpaired) electrons. The van der Waals surface area contributed by atoms with Crippen LogP contribution in [0.1, 0.15) is 10.4 Å². The Bertz CT molecular complexity index is 391. The maximum absolute atomic E-state index is 11.8. The van der Waals surface area contributed by atoms with Crippen LogP contribution in [0.15, 0.2) is 18.2 Å². The minimum atomic E-state index is -0.264. The molecule has 1 aromatic rings. The van der Waals surface area contributed by atoms with Gasteiger partial charge < -0.3 is 9.47 Å². The highest BCUT2D eigenvalue weighted by Crippen LogP contribution is 2.35. The van der Waals surface area contributed by atoms with Crippen LogP contribution in [-0.2, 0) is 4.84 Å². The summed E-state index contributed by atoms with van der Waals surface area (Å²) < 4.78 is 10.4. The SMILES string of the molecule is CON(C)C(=O)c1cccc2c1OCO2. The van der Waals surface area contributed by atoms with Crippen LogP contribution in [0.2, 0.25) is 0 Å². The highest BCUT2D eigenvalue weighted by Gasteiger charge is 2.23. The predicted octanol–water partition coefficient (Wildman–Crippen LogP) is 1.05. The fourth-order valence-corrected chi connectivity index (χ4v) is 1.35. The van der Waals surface area contributed by atoms with Crippen molar-refractivity contribution >= 4 is 5.91 Å². The first-order chi connectivity index (χ1) is 7.24. The molecule has 1 aromatic carbocycles. The van der Waals surface area contributed by atoms with Gasteiger partial charge in [-0.1, -0.05) is 6.07 Å². The van der Waals surface area contributed by atoms with Crippen LogP contribution in [-0.4, -0.2) is 31.9 Å². The number of ether oxygens (including phenoxy) is 2. The predicted molar refractivity (Wildman–Crippen MR) is 51.7 cm³/mol. The summed E-state index contributed by atoms with van der Waals surface area (Å²) in [5.74, 6) is 0.802. The zero-order chi connectivity index (χ0) is 10.8. The van der Waals surface area contributed by atoms with E-state index in [4.69, 9.17) is 14.3 Å². The number of hydrogen-bond donors (Lipinski definition) is 0. The molecule has 0 N–H and O–H groups in total. The first-order valence-corrected chi connectivity index (χ1v) is 4.45. The molecule has 80 valence electrons. The van der Waals surface area contributed by atoms with Gasteiger partial charge in [-0.15, -0.1) is 0 Å². The molecule has 0 unspecified atom stereocenters. The quantitative estimate of drug-likeness (QED) is 0.683. The second-order valence-corrected chi connectivity index (χ2v) is 3.02. The molecular weight excluding hydrogens is 198 g/mol. The number of para-hydroxylation sites is 1. The van der Waals surface area contributed by atoms with E-state index >= 15 is 0 Å². The molecule has 0 saturated heterocycles. The van der Waals surface area contributed by atoms with E-state index in [9.17, 15) is 4.79 Å². The second-order valence-electron chi connectivity index (χ2n) is 3.02. The molecule has 1 aliphatic heterocycles. The molecule has 0 aliphatic carbocycles. The van der Waals surface area contributed by atoms with Crippen LogP contribution in [0.3, 0.4) is 0 Å². The third-order valence-electron chi connectivity index (χ3n) is 2.19. The number of carbonyl (C=O) groups excluding carboxylic acids is 1. The molecule has 1 aliphatic rings. The molecule has 0 saturated carbocycles. The lowest BCUT2D eigenvalue weighted by atomic mass is 10.2. The number of fused-ring (bicyclic) bond motifs is 1. The molecular formula is C10H11NO4. The summed E-state index contributed by atoms with van der Waals surface area (Å²) in [5, 5.41) is 1.14. The van der Waals surface area contributed by atoms with Crippen molar-refractivity contribution in [1.29, 1.82) is 0 Å². The summed E-state index contributed by atoms with van der Waals surface area (Å²) >= 11 is 0. The van der Waals surface area contributed by atoms with Gasteiger partial charge in [0.05, 0.1) is 12.7 Å². The van der Waals surface area contributed by atoms with Crippen LogP contribution in [0, 0.1) is 0 Å². The van der Waals surface area contributed by atoms with Crippen molar-refractivity contribution in [2.45, 2.75) is 0 Å².